The van der Waals surface area contributed by atoms with Gasteiger partial charge in [-0.25, -0.2) is 4.39 Å². The second-order valence-corrected chi connectivity index (χ2v) is 5.07. The number of nitriles is 1. The lowest BCUT2D eigenvalue weighted by Gasteiger charge is -2.25. The summed E-state index contributed by atoms with van der Waals surface area (Å²) in [6.45, 7) is 5.53. The van der Waals surface area contributed by atoms with Crippen molar-refractivity contribution in [2.24, 2.45) is 5.41 Å². The zero-order chi connectivity index (χ0) is 13.6. The Bertz CT molecular complexity index is 438. The minimum absolute atomic E-state index is 0.0242. The fraction of sp³-hybridized carbons (Fsp3) is 0.500. The summed E-state index contributed by atoms with van der Waals surface area (Å²) in [6, 6.07) is 6.35. The first kappa shape index (κ1) is 14.5. The molecule has 0 aromatic heterocycles. The molecule has 1 aromatic carbocycles. The summed E-state index contributed by atoms with van der Waals surface area (Å²) < 4.78 is 18.7. The van der Waals surface area contributed by atoms with Gasteiger partial charge in [-0.1, -0.05) is 13.8 Å². The highest BCUT2D eigenvalue weighted by Gasteiger charge is 2.17. The Morgan fingerprint density at radius 3 is 2.72 bits per heavy atom. The molecule has 0 aliphatic carbocycles. The van der Waals surface area contributed by atoms with Crippen LogP contribution in [0.4, 0.5) is 10.1 Å². The van der Waals surface area contributed by atoms with Crippen LogP contribution in [0.25, 0.3) is 0 Å². The minimum atomic E-state index is -0.392. The van der Waals surface area contributed by atoms with Crippen molar-refractivity contribution >= 4 is 5.69 Å². The van der Waals surface area contributed by atoms with Crippen LogP contribution in [-0.4, -0.2) is 20.3 Å². The molecule has 18 heavy (non-hydrogen) atoms. The van der Waals surface area contributed by atoms with Gasteiger partial charge in [0.25, 0.3) is 0 Å². The highest BCUT2D eigenvalue weighted by Crippen LogP contribution is 2.22. The number of hydrogen-bond donors (Lipinski definition) is 1. The van der Waals surface area contributed by atoms with Crippen LogP contribution in [-0.2, 0) is 4.74 Å². The average Bonchev–Trinajstić information content (AvgIpc) is 2.35. The lowest BCUT2D eigenvalue weighted by atomic mass is 9.89. The fourth-order valence-corrected chi connectivity index (χ4v) is 1.53. The zero-order valence-electron chi connectivity index (χ0n) is 11.1. The minimum Gasteiger partial charge on any atom is -0.385 e. The Labute approximate surface area is 108 Å². The maximum absolute atomic E-state index is 13.6. The molecule has 1 rings (SSSR count). The molecule has 98 valence electrons. The van der Waals surface area contributed by atoms with E-state index in [1.54, 1.807) is 19.2 Å². The van der Waals surface area contributed by atoms with Crippen molar-refractivity contribution in [3.63, 3.8) is 0 Å². The smallest absolute Gasteiger partial charge is 0.147 e. The van der Waals surface area contributed by atoms with Crippen LogP contribution in [0.3, 0.4) is 0 Å². The summed E-state index contributed by atoms with van der Waals surface area (Å²) in [5.41, 5.74) is 0.785. The number of rotatable bonds is 6. The molecular formula is C14H19FN2O. The van der Waals surface area contributed by atoms with Crippen LogP contribution >= 0.6 is 0 Å². The first-order chi connectivity index (χ1) is 8.48. The molecule has 0 fully saturated rings. The van der Waals surface area contributed by atoms with Crippen molar-refractivity contribution in [1.29, 1.82) is 5.26 Å². The number of benzene rings is 1. The topological polar surface area (TPSA) is 45.0 Å². The number of methoxy groups -OCH3 is 1. The summed E-state index contributed by atoms with van der Waals surface area (Å²) in [4.78, 5) is 0. The van der Waals surface area contributed by atoms with Gasteiger partial charge >= 0.3 is 0 Å². The molecule has 3 nitrogen and oxygen atoms in total. The van der Waals surface area contributed by atoms with Gasteiger partial charge in [0.05, 0.1) is 17.3 Å². The van der Waals surface area contributed by atoms with E-state index < -0.39 is 5.82 Å². The van der Waals surface area contributed by atoms with Crippen LogP contribution in [0, 0.1) is 22.6 Å². The third-order valence-electron chi connectivity index (χ3n) is 2.84. The van der Waals surface area contributed by atoms with Crippen molar-refractivity contribution in [2.75, 3.05) is 25.6 Å². The van der Waals surface area contributed by atoms with Crippen LogP contribution < -0.4 is 5.32 Å². The highest BCUT2D eigenvalue weighted by molar-refractivity contribution is 5.48. The molecule has 0 aliphatic heterocycles. The first-order valence-corrected chi connectivity index (χ1v) is 5.91. The third-order valence-corrected chi connectivity index (χ3v) is 2.84. The van der Waals surface area contributed by atoms with E-state index in [9.17, 15) is 4.39 Å². The summed E-state index contributed by atoms with van der Waals surface area (Å²) in [7, 11) is 1.67. The zero-order valence-corrected chi connectivity index (χ0v) is 11.1. The van der Waals surface area contributed by atoms with Crippen LogP contribution in [0.5, 0.6) is 0 Å². The number of nitrogens with zero attached hydrogens (tertiary/aromatic N) is 1. The maximum atomic E-state index is 13.6. The predicted octanol–water partition coefficient (Wildman–Crippen LogP) is 3.17. The summed E-state index contributed by atoms with van der Waals surface area (Å²) >= 11 is 0. The molecule has 0 bridgehead atoms. The monoisotopic (exact) mass is 250 g/mol. The SMILES string of the molecule is COCCC(C)(C)CNc1ccc(C#N)cc1F. The quantitative estimate of drug-likeness (QED) is 0.843. The van der Waals surface area contributed by atoms with Crippen LogP contribution in [0.15, 0.2) is 18.2 Å². The van der Waals surface area contributed by atoms with Gasteiger partial charge in [0.15, 0.2) is 0 Å². The van der Waals surface area contributed by atoms with Gasteiger partial charge in [0.1, 0.15) is 5.82 Å². The molecule has 0 spiro atoms. The second kappa shape index (κ2) is 6.36. The molecule has 0 radical (unpaired) electrons. The van der Waals surface area contributed by atoms with Gasteiger partial charge in [0, 0.05) is 20.3 Å². The van der Waals surface area contributed by atoms with Gasteiger partial charge in [-0.2, -0.15) is 5.26 Å². The standard InChI is InChI=1S/C14H19FN2O/c1-14(2,6-7-18-3)10-17-13-5-4-11(9-16)8-12(13)15/h4-5,8,17H,6-7,10H2,1-3H3. The van der Waals surface area contributed by atoms with Crippen molar-refractivity contribution < 1.29 is 9.13 Å². The highest BCUT2D eigenvalue weighted by atomic mass is 19.1. The Morgan fingerprint density at radius 2 is 2.17 bits per heavy atom. The summed E-state index contributed by atoms with van der Waals surface area (Å²) in [5, 5.41) is 11.7. The molecule has 0 unspecified atom stereocenters. The van der Waals surface area contributed by atoms with Crippen LogP contribution in [0.2, 0.25) is 0 Å². The number of halogens is 1. The van der Waals surface area contributed by atoms with Gasteiger partial charge in [-0.3, -0.25) is 0 Å². The molecule has 1 N–H and O–H groups in total. The van der Waals surface area contributed by atoms with E-state index in [1.165, 1.54) is 6.07 Å². The first-order valence-electron chi connectivity index (χ1n) is 5.91. The molecule has 0 heterocycles. The van der Waals surface area contributed by atoms with Crippen molar-refractivity contribution in [1.82, 2.24) is 0 Å². The second-order valence-electron chi connectivity index (χ2n) is 5.07. The molecular weight excluding hydrogens is 231 g/mol. The number of hydrogen-bond acceptors (Lipinski definition) is 3. The van der Waals surface area contributed by atoms with E-state index in [4.69, 9.17) is 10.00 Å². The Balaban J connectivity index is 2.61. The molecule has 1 aromatic rings. The molecule has 0 aliphatic rings. The fourth-order valence-electron chi connectivity index (χ4n) is 1.53. The average molecular weight is 250 g/mol. The Hall–Kier alpha value is -1.60. The van der Waals surface area contributed by atoms with Crippen LogP contribution in [0.1, 0.15) is 25.8 Å². The van der Waals surface area contributed by atoms with Gasteiger partial charge in [-0.05, 0) is 30.0 Å². The van der Waals surface area contributed by atoms with Crippen molar-refractivity contribution in [3.8, 4) is 6.07 Å². The van der Waals surface area contributed by atoms with E-state index in [0.717, 1.165) is 6.42 Å². The van der Waals surface area contributed by atoms with E-state index in [-0.39, 0.29) is 5.41 Å². The lowest BCUT2D eigenvalue weighted by molar-refractivity contribution is 0.157. The molecule has 0 amide bonds. The number of nitrogens with one attached hydrogen (secondary N) is 1. The van der Waals surface area contributed by atoms with E-state index in [1.807, 2.05) is 6.07 Å². The van der Waals surface area contributed by atoms with Gasteiger partial charge in [-0.15, -0.1) is 0 Å². The molecule has 0 saturated carbocycles. The van der Waals surface area contributed by atoms with E-state index >= 15 is 0 Å². The molecule has 4 heteroatoms. The largest absolute Gasteiger partial charge is 0.385 e. The Kier molecular flexibility index (Phi) is 5.11. The third kappa shape index (κ3) is 4.34. The number of ether oxygens (including phenoxy) is 1. The summed E-state index contributed by atoms with van der Waals surface area (Å²) in [6.07, 6.45) is 0.897. The van der Waals surface area contributed by atoms with E-state index in [2.05, 4.69) is 19.2 Å². The predicted molar refractivity (Wildman–Crippen MR) is 69.9 cm³/mol. The van der Waals surface area contributed by atoms with Crippen molar-refractivity contribution in [3.05, 3.63) is 29.6 Å². The van der Waals surface area contributed by atoms with Gasteiger partial charge < -0.3 is 10.1 Å². The Morgan fingerprint density at radius 1 is 1.44 bits per heavy atom. The van der Waals surface area contributed by atoms with Crippen molar-refractivity contribution in [2.45, 2.75) is 20.3 Å². The van der Waals surface area contributed by atoms with E-state index in [0.29, 0.717) is 24.4 Å². The number of anilines is 1. The molecule has 0 atom stereocenters. The summed E-state index contributed by atoms with van der Waals surface area (Å²) in [5.74, 6) is -0.392. The normalized spacial score (nSPS) is 11.1. The maximum Gasteiger partial charge on any atom is 0.147 e. The lowest BCUT2D eigenvalue weighted by Crippen LogP contribution is -2.25. The molecule has 0 saturated heterocycles. The van der Waals surface area contributed by atoms with Gasteiger partial charge in [0.2, 0.25) is 0 Å².